The molecule has 134 valence electrons. The van der Waals surface area contributed by atoms with Gasteiger partial charge in [-0.1, -0.05) is 36.4 Å². The first kappa shape index (κ1) is 17.7. The molecule has 2 N–H and O–H groups in total. The highest BCUT2D eigenvalue weighted by Crippen LogP contribution is 2.15. The highest BCUT2D eigenvalue weighted by Gasteiger charge is 2.20. The maximum absolute atomic E-state index is 12.2. The van der Waals surface area contributed by atoms with Gasteiger partial charge in [0, 0.05) is 19.9 Å². The first-order chi connectivity index (χ1) is 12.5. The summed E-state index contributed by atoms with van der Waals surface area (Å²) < 4.78 is 1.94. The van der Waals surface area contributed by atoms with E-state index in [1.165, 1.54) is 0 Å². The second kappa shape index (κ2) is 7.82. The number of benzene rings is 2. The van der Waals surface area contributed by atoms with Crippen LogP contribution in [-0.2, 0) is 29.5 Å². The standard InChI is InChI=1S/C20H21N3O3/c1-23-13-21-16-11-15(7-9-18(16)23)8-10-19(24)22-17(20(25)26)12-14-5-3-2-4-6-14/h2-7,9,11,13,17H,8,10,12H2,1H3,(H,22,24)(H,25,26)/t17-/m1/s1. The van der Waals surface area contributed by atoms with E-state index < -0.39 is 12.0 Å². The molecule has 0 unspecified atom stereocenters. The molecule has 2 aromatic carbocycles. The molecule has 3 rings (SSSR count). The smallest absolute Gasteiger partial charge is 0.326 e. The molecule has 0 saturated carbocycles. The normalized spacial score (nSPS) is 12.0. The van der Waals surface area contributed by atoms with E-state index >= 15 is 0 Å². The molecule has 0 aliphatic rings. The van der Waals surface area contributed by atoms with Crippen LogP contribution in [0.2, 0.25) is 0 Å². The predicted octanol–water partition coefficient (Wildman–Crippen LogP) is 2.32. The van der Waals surface area contributed by atoms with E-state index in [1.54, 1.807) is 6.33 Å². The lowest BCUT2D eigenvalue weighted by Crippen LogP contribution is -2.42. The Labute approximate surface area is 151 Å². The number of imidazole rings is 1. The molecule has 1 aromatic heterocycles. The Morgan fingerprint density at radius 3 is 2.65 bits per heavy atom. The summed E-state index contributed by atoms with van der Waals surface area (Å²) in [6.45, 7) is 0. The van der Waals surface area contributed by atoms with E-state index in [0.29, 0.717) is 6.42 Å². The molecular weight excluding hydrogens is 330 g/mol. The number of rotatable bonds is 7. The molecule has 0 aliphatic heterocycles. The summed E-state index contributed by atoms with van der Waals surface area (Å²) in [5.74, 6) is -1.30. The van der Waals surface area contributed by atoms with Crippen molar-refractivity contribution in [3.63, 3.8) is 0 Å². The van der Waals surface area contributed by atoms with Crippen molar-refractivity contribution >= 4 is 22.9 Å². The fourth-order valence-corrected chi connectivity index (χ4v) is 2.91. The molecule has 6 nitrogen and oxygen atoms in total. The Balaban J connectivity index is 1.58. The average molecular weight is 351 g/mol. The second-order valence-corrected chi connectivity index (χ2v) is 6.33. The van der Waals surface area contributed by atoms with Gasteiger partial charge in [-0.3, -0.25) is 4.79 Å². The SMILES string of the molecule is Cn1cnc2cc(CCC(=O)N[C@H](Cc3ccccc3)C(=O)O)ccc21. The lowest BCUT2D eigenvalue weighted by molar-refractivity contribution is -0.141. The molecule has 0 fully saturated rings. The number of nitrogens with one attached hydrogen (secondary N) is 1. The molecule has 3 aromatic rings. The molecule has 26 heavy (non-hydrogen) atoms. The summed E-state index contributed by atoms with van der Waals surface area (Å²) in [4.78, 5) is 27.9. The van der Waals surface area contributed by atoms with Gasteiger partial charge in [0.1, 0.15) is 6.04 Å². The van der Waals surface area contributed by atoms with Gasteiger partial charge in [-0.25, -0.2) is 9.78 Å². The minimum atomic E-state index is -1.03. The molecule has 0 bridgehead atoms. The van der Waals surface area contributed by atoms with Crippen molar-refractivity contribution in [1.82, 2.24) is 14.9 Å². The summed E-state index contributed by atoms with van der Waals surface area (Å²) >= 11 is 0. The van der Waals surface area contributed by atoms with Crippen LogP contribution in [0.3, 0.4) is 0 Å². The fraction of sp³-hybridized carbons (Fsp3) is 0.250. The monoisotopic (exact) mass is 351 g/mol. The Morgan fingerprint density at radius 1 is 1.15 bits per heavy atom. The lowest BCUT2D eigenvalue weighted by atomic mass is 10.1. The molecule has 0 spiro atoms. The van der Waals surface area contributed by atoms with Gasteiger partial charge in [0.25, 0.3) is 0 Å². The summed E-state index contributed by atoms with van der Waals surface area (Å²) in [6.07, 6.45) is 2.79. The molecule has 1 heterocycles. The Morgan fingerprint density at radius 2 is 1.92 bits per heavy atom. The lowest BCUT2D eigenvalue weighted by Gasteiger charge is -2.14. The topological polar surface area (TPSA) is 84.2 Å². The Bertz CT molecular complexity index is 918. The Hall–Kier alpha value is -3.15. The van der Waals surface area contributed by atoms with Crippen molar-refractivity contribution in [3.8, 4) is 0 Å². The number of aromatic nitrogens is 2. The second-order valence-electron chi connectivity index (χ2n) is 6.33. The zero-order valence-electron chi connectivity index (χ0n) is 14.6. The van der Waals surface area contributed by atoms with Crippen molar-refractivity contribution in [1.29, 1.82) is 0 Å². The van der Waals surface area contributed by atoms with Crippen molar-refractivity contribution in [2.45, 2.75) is 25.3 Å². The average Bonchev–Trinajstić information content (AvgIpc) is 3.01. The van der Waals surface area contributed by atoms with E-state index in [1.807, 2.05) is 60.1 Å². The summed E-state index contributed by atoms with van der Waals surface area (Å²) in [5, 5.41) is 12.0. The third-order valence-electron chi connectivity index (χ3n) is 4.35. The molecule has 6 heteroatoms. The van der Waals surface area contributed by atoms with Crippen LogP contribution >= 0.6 is 0 Å². The van der Waals surface area contributed by atoms with Crippen molar-refractivity contribution in [3.05, 3.63) is 66.0 Å². The van der Waals surface area contributed by atoms with Crippen LogP contribution in [0.4, 0.5) is 0 Å². The highest BCUT2D eigenvalue weighted by molar-refractivity contribution is 5.84. The molecule has 1 atom stereocenters. The van der Waals surface area contributed by atoms with Crippen molar-refractivity contribution in [2.75, 3.05) is 0 Å². The number of fused-ring (bicyclic) bond motifs is 1. The van der Waals surface area contributed by atoms with Crippen LogP contribution in [0, 0.1) is 0 Å². The summed E-state index contributed by atoms with van der Waals surface area (Å²) in [5.41, 5.74) is 3.80. The zero-order valence-corrected chi connectivity index (χ0v) is 14.6. The van der Waals surface area contributed by atoms with Crippen LogP contribution in [0.15, 0.2) is 54.9 Å². The number of carboxylic acids is 1. The van der Waals surface area contributed by atoms with Crippen LogP contribution in [0.1, 0.15) is 17.5 Å². The van der Waals surface area contributed by atoms with Gasteiger partial charge >= 0.3 is 5.97 Å². The van der Waals surface area contributed by atoms with Crippen LogP contribution in [0.5, 0.6) is 0 Å². The van der Waals surface area contributed by atoms with E-state index in [0.717, 1.165) is 22.2 Å². The number of hydrogen-bond donors (Lipinski definition) is 2. The number of hydrogen-bond acceptors (Lipinski definition) is 3. The maximum atomic E-state index is 12.2. The first-order valence-electron chi connectivity index (χ1n) is 8.49. The number of amides is 1. The number of aryl methyl sites for hydroxylation is 2. The number of aliphatic carboxylic acids is 1. The molecule has 0 saturated heterocycles. The minimum absolute atomic E-state index is 0.233. The third-order valence-corrected chi connectivity index (χ3v) is 4.35. The quantitative estimate of drug-likeness (QED) is 0.684. The zero-order chi connectivity index (χ0) is 18.5. The number of nitrogens with zero attached hydrogens (tertiary/aromatic N) is 2. The van der Waals surface area contributed by atoms with Crippen LogP contribution in [0.25, 0.3) is 11.0 Å². The van der Waals surface area contributed by atoms with Gasteiger partial charge in [0.15, 0.2) is 0 Å². The Kier molecular flexibility index (Phi) is 5.31. The van der Waals surface area contributed by atoms with Gasteiger partial charge in [-0.15, -0.1) is 0 Å². The van der Waals surface area contributed by atoms with Crippen LogP contribution in [-0.4, -0.2) is 32.6 Å². The number of carbonyl (C=O) groups excluding carboxylic acids is 1. The molecule has 0 aliphatic carbocycles. The van der Waals surface area contributed by atoms with E-state index in [-0.39, 0.29) is 18.7 Å². The van der Waals surface area contributed by atoms with Gasteiger partial charge in [-0.2, -0.15) is 0 Å². The van der Waals surface area contributed by atoms with Gasteiger partial charge in [0.05, 0.1) is 17.4 Å². The number of carbonyl (C=O) groups is 2. The van der Waals surface area contributed by atoms with Crippen molar-refractivity contribution in [2.24, 2.45) is 7.05 Å². The predicted molar refractivity (Wildman–Crippen MR) is 98.7 cm³/mol. The van der Waals surface area contributed by atoms with Crippen LogP contribution < -0.4 is 5.32 Å². The molecule has 1 amide bonds. The van der Waals surface area contributed by atoms with Gasteiger partial charge < -0.3 is 15.0 Å². The van der Waals surface area contributed by atoms with E-state index in [4.69, 9.17) is 0 Å². The first-order valence-corrected chi connectivity index (χ1v) is 8.49. The van der Waals surface area contributed by atoms with Gasteiger partial charge in [-0.05, 0) is 29.7 Å². The minimum Gasteiger partial charge on any atom is -0.480 e. The summed E-state index contributed by atoms with van der Waals surface area (Å²) in [7, 11) is 1.93. The van der Waals surface area contributed by atoms with Gasteiger partial charge in [0.2, 0.25) is 5.91 Å². The summed E-state index contributed by atoms with van der Waals surface area (Å²) in [6, 6.07) is 14.3. The molecular formula is C20H21N3O3. The van der Waals surface area contributed by atoms with E-state index in [2.05, 4.69) is 10.3 Å². The molecule has 0 radical (unpaired) electrons. The van der Waals surface area contributed by atoms with Crippen molar-refractivity contribution < 1.29 is 14.7 Å². The van der Waals surface area contributed by atoms with E-state index in [9.17, 15) is 14.7 Å². The maximum Gasteiger partial charge on any atom is 0.326 e. The third kappa shape index (κ3) is 4.27. The number of carboxylic acid groups (broad SMARTS) is 1. The fourth-order valence-electron chi connectivity index (χ4n) is 2.91. The largest absolute Gasteiger partial charge is 0.480 e. The highest BCUT2D eigenvalue weighted by atomic mass is 16.4.